The van der Waals surface area contributed by atoms with Crippen molar-refractivity contribution in [3.63, 3.8) is 0 Å². The lowest BCUT2D eigenvalue weighted by Gasteiger charge is -2.19. The molecule has 4 N–H and O–H groups in total. The Bertz CT molecular complexity index is 612. The largest absolute Gasteiger partial charge is 0.375 e. The van der Waals surface area contributed by atoms with Gasteiger partial charge in [-0.25, -0.2) is 9.88 Å². The van der Waals surface area contributed by atoms with Crippen LogP contribution in [0.5, 0.6) is 0 Å². The van der Waals surface area contributed by atoms with E-state index in [0.717, 1.165) is 4.90 Å². The number of anilines is 2. The molecule has 0 radical (unpaired) electrons. The first kappa shape index (κ1) is 14.2. The number of imide groups is 1. The number of rotatable bonds is 4. The highest BCUT2D eigenvalue weighted by molar-refractivity contribution is 7.13. The van der Waals surface area contributed by atoms with Gasteiger partial charge in [0, 0.05) is 5.38 Å². The minimum absolute atomic E-state index is 0.00827. The fourth-order valence-electron chi connectivity index (χ4n) is 1.73. The van der Waals surface area contributed by atoms with E-state index < -0.39 is 5.91 Å². The Morgan fingerprint density at radius 3 is 2.45 bits per heavy atom. The van der Waals surface area contributed by atoms with Crippen LogP contribution in [0.4, 0.5) is 10.8 Å². The van der Waals surface area contributed by atoms with Crippen molar-refractivity contribution in [3.05, 3.63) is 41.4 Å². The molecule has 104 valence electrons. The number of nitrogens with two attached hydrogens (primary N) is 2. The third kappa shape index (κ3) is 3.19. The molecule has 0 unspecified atom stereocenters. The van der Waals surface area contributed by atoms with E-state index in [-0.39, 0.29) is 18.9 Å². The molecule has 2 amide bonds. The van der Waals surface area contributed by atoms with E-state index in [0.29, 0.717) is 16.5 Å². The lowest BCUT2D eigenvalue weighted by Crippen LogP contribution is -2.41. The number of nitrogens with zero attached hydrogens (tertiary/aromatic N) is 2. The predicted molar refractivity (Wildman–Crippen MR) is 78.2 cm³/mol. The molecule has 1 aromatic heterocycles. The Morgan fingerprint density at radius 1 is 1.20 bits per heavy atom. The van der Waals surface area contributed by atoms with Gasteiger partial charge in [0.1, 0.15) is 0 Å². The van der Waals surface area contributed by atoms with Crippen LogP contribution in [0.15, 0.2) is 35.7 Å². The quantitative estimate of drug-likeness (QED) is 0.866. The highest BCUT2D eigenvalue weighted by Crippen LogP contribution is 2.17. The molecule has 0 aliphatic carbocycles. The van der Waals surface area contributed by atoms with Crippen molar-refractivity contribution in [2.45, 2.75) is 6.42 Å². The van der Waals surface area contributed by atoms with Crippen LogP contribution in [-0.4, -0.2) is 23.3 Å². The van der Waals surface area contributed by atoms with Crippen molar-refractivity contribution >= 4 is 34.0 Å². The topological polar surface area (TPSA) is 102 Å². The van der Waals surface area contributed by atoms with E-state index in [2.05, 4.69) is 4.98 Å². The fourth-order valence-corrected chi connectivity index (χ4v) is 2.30. The second-order valence-electron chi connectivity index (χ2n) is 4.02. The maximum atomic E-state index is 12.3. The average Bonchev–Trinajstić information content (AvgIpc) is 2.85. The van der Waals surface area contributed by atoms with Gasteiger partial charge in [0.05, 0.1) is 24.3 Å². The first-order chi connectivity index (χ1) is 9.61. The number of thiazole rings is 1. The molecule has 0 saturated heterocycles. The fraction of sp³-hybridized carbons (Fsp3) is 0.154. The van der Waals surface area contributed by atoms with Crippen molar-refractivity contribution < 1.29 is 9.59 Å². The normalized spacial score (nSPS) is 10.2. The SMILES string of the molecule is NCC(=O)N(C(=O)Cc1csc(N)n1)c1ccccc1. The molecule has 1 heterocycles. The number of para-hydroxylation sites is 1. The predicted octanol–water partition coefficient (Wildman–Crippen LogP) is 0.786. The Kier molecular flexibility index (Phi) is 4.44. The first-order valence-corrected chi connectivity index (χ1v) is 6.80. The molecule has 2 rings (SSSR count). The molecular weight excluding hydrogens is 276 g/mol. The van der Waals surface area contributed by atoms with Gasteiger partial charge in [0.15, 0.2) is 5.13 Å². The minimum Gasteiger partial charge on any atom is -0.375 e. The van der Waals surface area contributed by atoms with E-state index in [9.17, 15) is 9.59 Å². The number of carbonyl (C=O) groups excluding carboxylic acids is 2. The van der Waals surface area contributed by atoms with E-state index in [4.69, 9.17) is 11.5 Å². The molecule has 0 saturated carbocycles. The van der Waals surface area contributed by atoms with Gasteiger partial charge in [-0.15, -0.1) is 11.3 Å². The Morgan fingerprint density at radius 2 is 1.90 bits per heavy atom. The number of hydrogen-bond acceptors (Lipinski definition) is 6. The maximum Gasteiger partial charge on any atom is 0.247 e. The summed E-state index contributed by atoms with van der Waals surface area (Å²) in [5.41, 5.74) is 11.9. The van der Waals surface area contributed by atoms with Crippen molar-refractivity contribution in [3.8, 4) is 0 Å². The monoisotopic (exact) mass is 290 g/mol. The molecule has 6 nitrogen and oxygen atoms in total. The summed E-state index contributed by atoms with van der Waals surface area (Å²) in [6.45, 7) is -0.236. The van der Waals surface area contributed by atoms with E-state index in [1.165, 1.54) is 11.3 Å². The Labute approximate surface area is 120 Å². The number of aromatic nitrogens is 1. The number of benzene rings is 1. The van der Waals surface area contributed by atoms with Gasteiger partial charge in [-0.2, -0.15) is 0 Å². The highest BCUT2D eigenvalue weighted by Gasteiger charge is 2.22. The standard InChI is InChI=1S/C13H14N4O2S/c14-7-12(19)17(10-4-2-1-3-5-10)11(18)6-9-8-20-13(15)16-9/h1-5,8H,6-7,14H2,(H2,15,16). The summed E-state index contributed by atoms with van der Waals surface area (Å²) in [6, 6.07) is 8.67. The molecule has 20 heavy (non-hydrogen) atoms. The zero-order valence-corrected chi connectivity index (χ0v) is 11.5. The Balaban J connectivity index is 2.23. The molecule has 7 heteroatoms. The number of amides is 2. The Hall–Kier alpha value is -2.25. The summed E-state index contributed by atoms with van der Waals surface area (Å²) in [6.07, 6.45) is 0.00827. The molecule has 0 atom stereocenters. The minimum atomic E-state index is -0.454. The number of carbonyl (C=O) groups is 2. The smallest absolute Gasteiger partial charge is 0.247 e. The van der Waals surface area contributed by atoms with Crippen LogP contribution < -0.4 is 16.4 Å². The second kappa shape index (κ2) is 6.27. The van der Waals surface area contributed by atoms with Gasteiger partial charge in [0.25, 0.3) is 0 Å². The molecule has 1 aromatic carbocycles. The van der Waals surface area contributed by atoms with Gasteiger partial charge >= 0.3 is 0 Å². The van der Waals surface area contributed by atoms with Crippen molar-refractivity contribution in [2.75, 3.05) is 17.2 Å². The third-order valence-electron chi connectivity index (χ3n) is 2.59. The molecule has 0 aliphatic rings. The average molecular weight is 290 g/mol. The summed E-state index contributed by atoms with van der Waals surface area (Å²) in [4.78, 5) is 29.3. The first-order valence-electron chi connectivity index (χ1n) is 5.92. The van der Waals surface area contributed by atoms with Crippen LogP contribution in [0.3, 0.4) is 0 Å². The van der Waals surface area contributed by atoms with Crippen LogP contribution >= 0.6 is 11.3 Å². The summed E-state index contributed by atoms with van der Waals surface area (Å²) in [5.74, 6) is -0.832. The number of nitrogen functional groups attached to an aromatic ring is 1. The van der Waals surface area contributed by atoms with Gasteiger partial charge < -0.3 is 11.5 Å². The molecule has 0 spiro atoms. The van der Waals surface area contributed by atoms with Crippen molar-refractivity contribution in [1.29, 1.82) is 0 Å². The molecule has 0 fully saturated rings. The van der Waals surface area contributed by atoms with Crippen molar-refractivity contribution in [2.24, 2.45) is 5.73 Å². The van der Waals surface area contributed by atoms with E-state index in [1.807, 2.05) is 0 Å². The maximum absolute atomic E-state index is 12.3. The van der Waals surface area contributed by atoms with Gasteiger partial charge in [-0.05, 0) is 12.1 Å². The third-order valence-corrected chi connectivity index (χ3v) is 3.31. The van der Waals surface area contributed by atoms with Crippen LogP contribution in [0.2, 0.25) is 0 Å². The van der Waals surface area contributed by atoms with Gasteiger partial charge in [-0.1, -0.05) is 18.2 Å². The van der Waals surface area contributed by atoms with E-state index >= 15 is 0 Å². The summed E-state index contributed by atoms with van der Waals surface area (Å²) >= 11 is 1.25. The van der Waals surface area contributed by atoms with Crippen LogP contribution in [0.25, 0.3) is 0 Å². The molecule has 2 aromatic rings. The number of hydrogen-bond donors (Lipinski definition) is 2. The summed E-state index contributed by atoms with van der Waals surface area (Å²) < 4.78 is 0. The zero-order valence-electron chi connectivity index (χ0n) is 10.7. The van der Waals surface area contributed by atoms with Gasteiger partial charge in [0.2, 0.25) is 11.8 Å². The molecule has 0 bridgehead atoms. The lowest BCUT2D eigenvalue weighted by molar-refractivity contribution is -0.125. The molecular formula is C13H14N4O2S. The van der Waals surface area contributed by atoms with Crippen molar-refractivity contribution in [1.82, 2.24) is 4.98 Å². The van der Waals surface area contributed by atoms with Gasteiger partial charge in [-0.3, -0.25) is 9.59 Å². The second-order valence-corrected chi connectivity index (χ2v) is 4.91. The summed E-state index contributed by atoms with van der Waals surface area (Å²) in [7, 11) is 0. The van der Waals surface area contributed by atoms with E-state index in [1.54, 1.807) is 35.7 Å². The lowest BCUT2D eigenvalue weighted by atomic mass is 10.2. The van der Waals surface area contributed by atoms with Crippen LogP contribution in [0.1, 0.15) is 5.69 Å². The van der Waals surface area contributed by atoms with Crippen LogP contribution in [0, 0.1) is 0 Å². The molecule has 0 aliphatic heterocycles. The van der Waals surface area contributed by atoms with Crippen LogP contribution in [-0.2, 0) is 16.0 Å². The highest BCUT2D eigenvalue weighted by atomic mass is 32.1. The summed E-state index contributed by atoms with van der Waals surface area (Å²) in [5, 5.41) is 2.09. The zero-order chi connectivity index (χ0) is 14.5.